The molecule has 0 unspecified atom stereocenters. The van der Waals surface area contributed by atoms with Gasteiger partial charge < -0.3 is 9.84 Å². The SMILES string of the molecule is COc1cc(C)c2c(c1)C=C[C@@H]1[C@H]3CC[C@@H](O)[C@@]3(C)CC[C@@H]21. The molecule has 2 nitrogen and oxygen atoms in total. The summed E-state index contributed by atoms with van der Waals surface area (Å²) in [5.74, 6) is 2.80. The summed E-state index contributed by atoms with van der Waals surface area (Å²) in [7, 11) is 1.74. The van der Waals surface area contributed by atoms with Gasteiger partial charge in [-0.2, -0.15) is 0 Å². The number of aliphatic hydroxyl groups is 1. The minimum absolute atomic E-state index is 0.106. The van der Waals surface area contributed by atoms with E-state index in [0.717, 1.165) is 18.6 Å². The van der Waals surface area contributed by atoms with Crippen LogP contribution in [0.2, 0.25) is 0 Å². The molecule has 1 N–H and O–H groups in total. The normalized spacial score (nSPS) is 39.1. The fraction of sp³-hybridized carbons (Fsp3) is 0.600. The maximum atomic E-state index is 10.5. The predicted octanol–water partition coefficient (Wildman–Crippen LogP) is 4.30. The summed E-state index contributed by atoms with van der Waals surface area (Å²) in [5, 5.41) is 10.5. The van der Waals surface area contributed by atoms with E-state index in [1.54, 1.807) is 7.11 Å². The van der Waals surface area contributed by atoms with Gasteiger partial charge in [-0.25, -0.2) is 0 Å². The molecule has 3 aliphatic carbocycles. The standard InChI is InChI=1S/C20H26O2/c1-12-10-14(22-3)11-13-4-5-15-16(19(12)13)8-9-20(2)17(15)6-7-18(20)21/h4-5,10-11,15-18,21H,6-9H2,1-3H3/t15-,16+,17+,18+,20-/m0/s1. The summed E-state index contributed by atoms with van der Waals surface area (Å²) in [4.78, 5) is 0. The summed E-state index contributed by atoms with van der Waals surface area (Å²) in [6.45, 7) is 4.53. The second-order valence-corrected chi connectivity index (χ2v) is 7.73. The Balaban J connectivity index is 1.77. The molecule has 2 heteroatoms. The highest BCUT2D eigenvalue weighted by atomic mass is 16.5. The highest BCUT2D eigenvalue weighted by Crippen LogP contribution is 2.60. The first-order chi connectivity index (χ1) is 10.5. The highest BCUT2D eigenvalue weighted by molar-refractivity contribution is 5.63. The molecule has 0 bridgehead atoms. The molecule has 0 radical (unpaired) electrons. The molecular formula is C20H26O2. The first-order valence-electron chi connectivity index (χ1n) is 8.59. The Labute approximate surface area is 133 Å². The second kappa shape index (κ2) is 4.86. The molecule has 0 amide bonds. The summed E-state index contributed by atoms with van der Waals surface area (Å²) < 4.78 is 5.43. The van der Waals surface area contributed by atoms with Crippen LogP contribution in [0.1, 0.15) is 55.2 Å². The maximum Gasteiger partial charge on any atom is 0.119 e. The van der Waals surface area contributed by atoms with Crippen LogP contribution in [0, 0.1) is 24.2 Å². The summed E-state index contributed by atoms with van der Waals surface area (Å²) in [6, 6.07) is 4.35. The number of aryl methyl sites for hydroxylation is 1. The first-order valence-corrected chi connectivity index (χ1v) is 8.59. The predicted molar refractivity (Wildman–Crippen MR) is 89.1 cm³/mol. The number of aliphatic hydroxyl groups excluding tert-OH is 1. The molecule has 1 aromatic carbocycles. The molecule has 118 valence electrons. The fourth-order valence-electron chi connectivity index (χ4n) is 5.54. The Hall–Kier alpha value is -1.28. The number of fused-ring (bicyclic) bond motifs is 5. The van der Waals surface area contributed by atoms with Gasteiger partial charge in [0.2, 0.25) is 0 Å². The number of methoxy groups -OCH3 is 1. The van der Waals surface area contributed by atoms with Crippen molar-refractivity contribution in [3.8, 4) is 5.75 Å². The highest BCUT2D eigenvalue weighted by Gasteiger charge is 2.53. The van der Waals surface area contributed by atoms with Crippen LogP contribution in [0.25, 0.3) is 6.08 Å². The molecule has 0 aliphatic heterocycles. The van der Waals surface area contributed by atoms with Crippen molar-refractivity contribution in [2.24, 2.45) is 17.3 Å². The first kappa shape index (κ1) is 14.3. The van der Waals surface area contributed by atoms with Crippen molar-refractivity contribution in [1.82, 2.24) is 0 Å². The van der Waals surface area contributed by atoms with Crippen LogP contribution in [0.5, 0.6) is 5.75 Å². The van der Waals surface area contributed by atoms with E-state index in [1.165, 1.54) is 29.5 Å². The molecule has 1 aromatic rings. The molecule has 22 heavy (non-hydrogen) atoms. The molecule has 0 saturated heterocycles. The number of ether oxygens (including phenoxy) is 1. The molecule has 2 fully saturated rings. The number of hydrogen-bond acceptors (Lipinski definition) is 2. The lowest BCUT2D eigenvalue weighted by molar-refractivity contribution is -0.00803. The summed E-state index contributed by atoms with van der Waals surface area (Å²) >= 11 is 0. The van der Waals surface area contributed by atoms with Gasteiger partial charge in [-0.3, -0.25) is 0 Å². The third-order valence-corrected chi connectivity index (χ3v) is 6.78. The van der Waals surface area contributed by atoms with Crippen molar-refractivity contribution in [2.45, 2.75) is 51.6 Å². The molecule has 0 spiro atoms. The minimum atomic E-state index is -0.106. The number of rotatable bonds is 1. The van der Waals surface area contributed by atoms with Gasteiger partial charge in [0.1, 0.15) is 5.75 Å². The van der Waals surface area contributed by atoms with Crippen LogP contribution >= 0.6 is 0 Å². The van der Waals surface area contributed by atoms with Gasteiger partial charge in [-0.1, -0.05) is 19.1 Å². The van der Waals surface area contributed by atoms with E-state index in [1.807, 2.05) is 0 Å². The maximum absolute atomic E-state index is 10.5. The number of benzene rings is 1. The van der Waals surface area contributed by atoms with Gasteiger partial charge in [0.25, 0.3) is 0 Å². The lowest BCUT2D eigenvalue weighted by Crippen LogP contribution is -2.42. The zero-order valence-electron chi connectivity index (χ0n) is 13.8. The Kier molecular flexibility index (Phi) is 3.16. The Morgan fingerprint density at radius 1 is 1.23 bits per heavy atom. The molecule has 5 atom stereocenters. The summed E-state index contributed by atoms with van der Waals surface area (Å²) in [6.07, 6.45) is 9.11. The second-order valence-electron chi connectivity index (χ2n) is 7.73. The Morgan fingerprint density at radius 3 is 2.82 bits per heavy atom. The van der Waals surface area contributed by atoms with E-state index in [4.69, 9.17) is 4.74 Å². The quantitative estimate of drug-likeness (QED) is 0.837. The van der Waals surface area contributed by atoms with E-state index in [0.29, 0.717) is 17.8 Å². The van der Waals surface area contributed by atoms with Crippen molar-refractivity contribution in [3.05, 3.63) is 34.9 Å². The molecule has 4 rings (SSSR count). The largest absolute Gasteiger partial charge is 0.497 e. The topological polar surface area (TPSA) is 29.5 Å². The van der Waals surface area contributed by atoms with E-state index >= 15 is 0 Å². The molecule has 2 saturated carbocycles. The number of hydrogen-bond donors (Lipinski definition) is 1. The van der Waals surface area contributed by atoms with Gasteiger partial charge in [0.15, 0.2) is 0 Å². The average molecular weight is 298 g/mol. The van der Waals surface area contributed by atoms with E-state index in [2.05, 4.69) is 38.1 Å². The van der Waals surface area contributed by atoms with E-state index in [9.17, 15) is 5.11 Å². The monoisotopic (exact) mass is 298 g/mol. The van der Waals surface area contributed by atoms with Gasteiger partial charge in [-0.15, -0.1) is 0 Å². The molecule has 0 aromatic heterocycles. The van der Waals surface area contributed by atoms with Crippen LogP contribution in [-0.2, 0) is 0 Å². The third kappa shape index (κ3) is 1.83. The van der Waals surface area contributed by atoms with Crippen molar-refractivity contribution < 1.29 is 9.84 Å². The van der Waals surface area contributed by atoms with E-state index < -0.39 is 0 Å². The van der Waals surface area contributed by atoms with Crippen molar-refractivity contribution in [2.75, 3.05) is 7.11 Å². The van der Waals surface area contributed by atoms with Crippen LogP contribution in [-0.4, -0.2) is 18.3 Å². The number of allylic oxidation sites excluding steroid dienone is 1. The van der Waals surface area contributed by atoms with Gasteiger partial charge in [0.05, 0.1) is 13.2 Å². The fourth-order valence-corrected chi connectivity index (χ4v) is 5.54. The lowest BCUT2D eigenvalue weighted by atomic mass is 9.56. The van der Waals surface area contributed by atoms with Crippen LogP contribution < -0.4 is 4.74 Å². The summed E-state index contributed by atoms with van der Waals surface area (Å²) in [5.41, 5.74) is 4.34. The smallest absolute Gasteiger partial charge is 0.119 e. The van der Waals surface area contributed by atoms with Crippen molar-refractivity contribution in [3.63, 3.8) is 0 Å². The molecular weight excluding hydrogens is 272 g/mol. The van der Waals surface area contributed by atoms with Gasteiger partial charge in [-0.05, 0) is 84.6 Å². The van der Waals surface area contributed by atoms with Gasteiger partial charge in [0, 0.05) is 0 Å². The van der Waals surface area contributed by atoms with Crippen LogP contribution in [0.15, 0.2) is 18.2 Å². The van der Waals surface area contributed by atoms with Gasteiger partial charge >= 0.3 is 0 Å². The zero-order valence-corrected chi connectivity index (χ0v) is 13.8. The lowest BCUT2D eigenvalue weighted by Gasteiger charge is -2.48. The minimum Gasteiger partial charge on any atom is -0.497 e. The molecule has 0 heterocycles. The average Bonchev–Trinajstić information content (AvgIpc) is 2.82. The van der Waals surface area contributed by atoms with Crippen LogP contribution in [0.4, 0.5) is 0 Å². The van der Waals surface area contributed by atoms with Crippen LogP contribution in [0.3, 0.4) is 0 Å². The van der Waals surface area contributed by atoms with Crippen molar-refractivity contribution >= 4 is 6.08 Å². The van der Waals surface area contributed by atoms with E-state index in [-0.39, 0.29) is 11.5 Å². The molecule has 3 aliphatic rings. The zero-order chi connectivity index (χ0) is 15.5. The Bertz CT molecular complexity index is 633. The Morgan fingerprint density at radius 2 is 2.05 bits per heavy atom. The third-order valence-electron chi connectivity index (χ3n) is 6.78. The van der Waals surface area contributed by atoms with Crippen molar-refractivity contribution in [1.29, 1.82) is 0 Å².